The van der Waals surface area contributed by atoms with E-state index >= 15 is 0 Å². The lowest BCUT2D eigenvalue weighted by Gasteiger charge is -2.29. The molecule has 4 N–H and O–H groups in total. The van der Waals surface area contributed by atoms with Crippen molar-refractivity contribution in [1.29, 1.82) is 0 Å². The third-order valence-electron chi connectivity index (χ3n) is 4.76. The topological polar surface area (TPSA) is 120 Å². The minimum absolute atomic E-state index is 0.0276. The molecule has 1 saturated heterocycles. The molecule has 0 aliphatic carbocycles. The molecule has 1 aliphatic heterocycles. The van der Waals surface area contributed by atoms with Crippen LogP contribution in [0.2, 0.25) is 0 Å². The number of methoxy groups -OCH3 is 1. The molecule has 0 radical (unpaired) electrons. The van der Waals surface area contributed by atoms with Crippen molar-refractivity contribution in [2.45, 2.75) is 31.2 Å². The number of hydrogen-bond acceptors (Lipinski definition) is 6. The first-order chi connectivity index (χ1) is 14.0. The van der Waals surface area contributed by atoms with Gasteiger partial charge in [0, 0.05) is 20.2 Å². The molecule has 0 aromatic heterocycles. The minimum atomic E-state index is -1.70. The number of carbonyl (C=O) groups is 2. The molecule has 0 spiro atoms. The van der Waals surface area contributed by atoms with Crippen molar-refractivity contribution in [1.82, 2.24) is 15.5 Å². The molecular weight excluding hydrogens is 377 g/mol. The Morgan fingerprint density at radius 2 is 1.90 bits per heavy atom. The molecule has 1 unspecified atom stereocenters. The second kappa shape index (κ2) is 12.4. The SMILES string of the molecule is COCC(NC(=O)N1CCOCC1)C(=O)N[C@@H](CCCc1ccccc1)B(O)O. The number of aryl methyl sites for hydroxylation is 1. The molecule has 1 aliphatic rings. The quantitative estimate of drug-likeness (QED) is 0.391. The molecule has 1 fully saturated rings. The lowest BCUT2D eigenvalue weighted by Crippen LogP contribution is -2.58. The molecule has 160 valence electrons. The number of ether oxygens (including phenoxy) is 2. The molecule has 1 heterocycles. The predicted octanol–water partition coefficient (Wildman–Crippen LogP) is -0.437. The van der Waals surface area contributed by atoms with Crippen LogP contribution >= 0.6 is 0 Å². The fourth-order valence-corrected chi connectivity index (χ4v) is 3.11. The van der Waals surface area contributed by atoms with Crippen molar-refractivity contribution in [3.8, 4) is 0 Å². The van der Waals surface area contributed by atoms with Crippen LogP contribution in [0.15, 0.2) is 30.3 Å². The molecule has 0 saturated carbocycles. The summed E-state index contributed by atoms with van der Waals surface area (Å²) in [5, 5.41) is 24.6. The Kier molecular flexibility index (Phi) is 9.92. The van der Waals surface area contributed by atoms with Crippen LogP contribution in [-0.2, 0) is 20.7 Å². The van der Waals surface area contributed by atoms with Gasteiger partial charge in [-0.25, -0.2) is 4.79 Å². The smallest absolute Gasteiger partial charge is 0.426 e. The number of benzene rings is 1. The molecular formula is C19H30BN3O6. The molecule has 3 amide bonds. The summed E-state index contributed by atoms with van der Waals surface area (Å²) in [6.45, 7) is 1.78. The number of morpholine rings is 1. The number of nitrogens with zero attached hydrogens (tertiary/aromatic N) is 1. The number of carbonyl (C=O) groups excluding carboxylic acids is 2. The third kappa shape index (κ3) is 8.02. The van der Waals surface area contributed by atoms with E-state index in [-0.39, 0.29) is 12.6 Å². The fourth-order valence-electron chi connectivity index (χ4n) is 3.11. The maximum absolute atomic E-state index is 12.6. The van der Waals surface area contributed by atoms with E-state index in [0.29, 0.717) is 39.1 Å². The first-order valence-corrected chi connectivity index (χ1v) is 9.84. The Bertz CT molecular complexity index is 628. The molecule has 0 bridgehead atoms. The van der Waals surface area contributed by atoms with Crippen LogP contribution < -0.4 is 10.6 Å². The standard InChI is InChI=1S/C19H30BN3O6/c1-28-14-16(21-19(25)23-10-12-29-13-11-23)18(24)22-17(20(26)27)9-5-8-15-6-3-2-4-7-15/h2-4,6-7,16-17,26-27H,5,8-14H2,1H3,(H,21,25)(H,22,24)/t16?,17-/m0/s1. The molecule has 9 nitrogen and oxygen atoms in total. The zero-order valence-corrected chi connectivity index (χ0v) is 16.8. The predicted molar refractivity (Wildman–Crippen MR) is 108 cm³/mol. The Labute approximate surface area is 171 Å². The Balaban J connectivity index is 1.87. The molecule has 10 heteroatoms. The zero-order chi connectivity index (χ0) is 21.1. The van der Waals surface area contributed by atoms with Gasteiger partial charge < -0.3 is 35.1 Å². The summed E-state index contributed by atoms with van der Waals surface area (Å²) in [6, 6.07) is 8.51. The summed E-state index contributed by atoms with van der Waals surface area (Å²) >= 11 is 0. The van der Waals surface area contributed by atoms with Crippen LogP contribution in [-0.4, -0.2) is 86.0 Å². The van der Waals surface area contributed by atoms with E-state index in [2.05, 4.69) is 10.6 Å². The normalized spacial score (nSPS) is 16.0. The van der Waals surface area contributed by atoms with Crippen molar-refractivity contribution in [3.05, 3.63) is 35.9 Å². The van der Waals surface area contributed by atoms with E-state index in [1.54, 1.807) is 4.90 Å². The van der Waals surface area contributed by atoms with Crippen LogP contribution in [0.25, 0.3) is 0 Å². The summed E-state index contributed by atoms with van der Waals surface area (Å²) in [5.41, 5.74) is 1.14. The second-order valence-electron chi connectivity index (χ2n) is 6.96. The number of urea groups is 1. The van der Waals surface area contributed by atoms with Crippen molar-refractivity contribution in [2.75, 3.05) is 40.0 Å². The van der Waals surface area contributed by atoms with Gasteiger partial charge in [-0.05, 0) is 24.8 Å². The number of rotatable bonds is 10. The van der Waals surface area contributed by atoms with Gasteiger partial charge in [-0.3, -0.25) is 4.79 Å². The highest BCUT2D eigenvalue weighted by atomic mass is 16.5. The van der Waals surface area contributed by atoms with Gasteiger partial charge in [0.05, 0.1) is 25.8 Å². The highest BCUT2D eigenvalue weighted by Crippen LogP contribution is 2.08. The van der Waals surface area contributed by atoms with E-state index in [4.69, 9.17) is 9.47 Å². The Morgan fingerprint density at radius 3 is 2.52 bits per heavy atom. The molecule has 1 aromatic carbocycles. The van der Waals surface area contributed by atoms with Crippen molar-refractivity contribution < 1.29 is 29.1 Å². The van der Waals surface area contributed by atoms with Crippen LogP contribution in [0.5, 0.6) is 0 Å². The van der Waals surface area contributed by atoms with E-state index in [1.165, 1.54) is 7.11 Å². The van der Waals surface area contributed by atoms with Crippen LogP contribution in [0.3, 0.4) is 0 Å². The molecule has 2 rings (SSSR count). The summed E-state index contributed by atoms with van der Waals surface area (Å²) in [7, 11) is -0.271. The van der Waals surface area contributed by atoms with Crippen LogP contribution in [0.1, 0.15) is 18.4 Å². The van der Waals surface area contributed by atoms with Gasteiger partial charge >= 0.3 is 13.1 Å². The molecule has 1 aromatic rings. The van der Waals surface area contributed by atoms with E-state index in [9.17, 15) is 19.6 Å². The van der Waals surface area contributed by atoms with Gasteiger partial charge in [-0.2, -0.15) is 0 Å². The van der Waals surface area contributed by atoms with Crippen molar-refractivity contribution in [2.24, 2.45) is 0 Å². The van der Waals surface area contributed by atoms with Crippen LogP contribution in [0.4, 0.5) is 4.79 Å². The van der Waals surface area contributed by atoms with Gasteiger partial charge in [-0.1, -0.05) is 30.3 Å². The average Bonchev–Trinajstić information content (AvgIpc) is 2.73. The maximum atomic E-state index is 12.6. The van der Waals surface area contributed by atoms with Gasteiger partial charge in [0.25, 0.3) is 0 Å². The maximum Gasteiger partial charge on any atom is 0.475 e. The monoisotopic (exact) mass is 407 g/mol. The fraction of sp³-hybridized carbons (Fsp3) is 0.579. The number of nitrogens with one attached hydrogen (secondary N) is 2. The lowest BCUT2D eigenvalue weighted by molar-refractivity contribution is -0.124. The highest BCUT2D eigenvalue weighted by molar-refractivity contribution is 6.43. The van der Waals surface area contributed by atoms with E-state index < -0.39 is 25.0 Å². The van der Waals surface area contributed by atoms with Gasteiger partial charge in [-0.15, -0.1) is 0 Å². The van der Waals surface area contributed by atoms with E-state index in [1.807, 2.05) is 30.3 Å². The highest BCUT2D eigenvalue weighted by Gasteiger charge is 2.30. The Hall–Kier alpha value is -2.14. The summed E-state index contributed by atoms with van der Waals surface area (Å²) in [6.07, 6.45) is 1.81. The largest absolute Gasteiger partial charge is 0.475 e. The van der Waals surface area contributed by atoms with E-state index in [0.717, 1.165) is 12.0 Å². The number of amides is 3. The zero-order valence-electron chi connectivity index (χ0n) is 16.8. The lowest BCUT2D eigenvalue weighted by atomic mass is 9.76. The average molecular weight is 407 g/mol. The summed E-state index contributed by atoms with van der Waals surface area (Å²) < 4.78 is 10.3. The van der Waals surface area contributed by atoms with Gasteiger partial charge in [0.2, 0.25) is 5.91 Å². The minimum Gasteiger partial charge on any atom is -0.426 e. The molecule has 29 heavy (non-hydrogen) atoms. The van der Waals surface area contributed by atoms with Gasteiger partial charge in [0.1, 0.15) is 6.04 Å². The summed E-state index contributed by atoms with van der Waals surface area (Å²) in [5.74, 6) is -1.36. The van der Waals surface area contributed by atoms with Crippen molar-refractivity contribution in [3.63, 3.8) is 0 Å². The summed E-state index contributed by atoms with van der Waals surface area (Å²) in [4.78, 5) is 26.6. The second-order valence-corrected chi connectivity index (χ2v) is 6.96. The first kappa shape index (κ1) is 23.1. The first-order valence-electron chi connectivity index (χ1n) is 9.84. The van der Waals surface area contributed by atoms with Crippen LogP contribution in [0, 0.1) is 0 Å². The van der Waals surface area contributed by atoms with Crippen molar-refractivity contribution >= 4 is 19.1 Å². The van der Waals surface area contributed by atoms with Gasteiger partial charge in [0.15, 0.2) is 0 Å². The molecule has 2 atom stereocenters. The third-order valence-corrected chi connectivity index (χ3v) is 4.76. The number of hydrogen-bond donors (Lipinski definition) is 4. The Morgan fingerprint density at radius 1 is 1.21 bits per heavy atom.